The Morgan fingerprint density at radius 2 is 1.94 bits per heavy atom. The maximum Gasteiger partial charge on any atom is 0.0196 e. The molecular weight excluding hydrogens is 208 g/mol. The fourth-order valence-electron chi connectivity index (χ4n) is 3.66. The Labute approximate surface area is 107 Å². The largest absolute Gasteiger partial charge is 0.311 e. The van der Waals surface area contributed by atoms with Gasteiger partial charge in [-0.2, -0.15) is 0 Å². The molecule has 1 saturated carbocycles. The average molecular weight is 238 g/mol. The minimum Gasteiger partial charge on any atom is -0.311 e. The molecule has 2 rings (SSSR count). The topological polar surface area (TPSA) is 15.3 Å². The molecule has 2 aliphatic rings. The Morgan fingerprint density at radius 1 is 1.12 bits per heavy atom. The van der Waals surface area contributed by atoms with Gasteiger partial charge in [0.2, 0.25) is 0 Å². The van der Waals surface area contributed by atoms with Gasteiger partial charge in [0.25, 0.3) is 0 Å². The molecule has 2 nitrogen and oxygen atoms in total. The summed E-state index contributed by atoms with van der Waals surface area (Å²) in [6.45, 7) is 9.50. The number of nitrogens with one attached hydrogen (secondary N) is 1. The van der Waals surface area contributed by atoms with Crippen molar-refractivity contribution in [3.05, 3.63) is 0 Å². The Bertz CT molecular complexity index is 229. The van der Waals surface area contributed by atoms with Gasteiger partial charge < -0.3 is 5.32 Å². The van der Waals surface area contributed by atoms with Crippen LogP contribution in [0.4, 0.5) is 0 Å². The molecule has 0 aromatic heterocycles. The lowest BCUT2D eigenvalue weighted by Crippen LogP contribution is -2.57. The van der Waals surface area contributed by atoms with E-state index < -0.39 is 0 Å². The van der Waals surface area contributed by atoms with Gasteiger partial charge in [-0.15, -0.1) is 0 Å². The van der Waals surface area contributed by atoms with Crippen molar-refractivity contribution in [1.29, 1.82) is 0 Å². The predicted octanol–water partition coefficient (Wildman–Crippen LogP) is 3.03. The van der Waals surface area contributed by atoms with Crippen LogP contribution in [0, 0.1) is 5.92 Å². The Morgan fingerprint density at radius 3 is 2.71 bits per heavy atom. The third-order valence-electron chi connectivity index (χ3n) is 4.92. The number of piperazine rings is 1. The highest BCUT2D eigenvalue weighted by atomic mass is 15.2. The quantitative estimate of drug-likeness (QED) is 0.744. The van der Waals surface area contributed by atoms with Crippen LogP contribution < -0.4 is 5.32 Å². The molecule has 2 heteroatoms. The predicted molar refractivity (Wildman–Crippen MR) is 74.3 cm³/mol. The molecule has 1 saturated heterocycles. The van der Waals surface area contributed by atoms with Crippen molar-refractivity contribution in [2.45, 2.75) is 77.4 Å². The van der Waals surface area contributed by atoms with E-state index in [0.29, 0.717) is 6.04 Å². The van der Waals surface area contributed by atoms with Crippen LogP contribution in [0.1, 0.15) is 59.3 Å². The van der Waals surface area contributed by atoms with E-state index in [4.69, 9.17) is 0 Å². The van der Waals surface area contributed by atoms with E-state index >= 15 is 0 Å². The van der Waals surface area contributed by atoms with E-state index in [-0.39, 0.29) is 0 Å². The van der Waals surface area contributed by atoms with Crippen molar-refractivity contribution in [3.63, 3.8) is 0 Å². The molecule has 2 fully saturated rings. The highest BCUT2D eigenvalue weighted by Gasteiger charge is 2.30. The van der Waals surface area contributed by atoms with Crippen molar-refractivity contribution < 1.29 is 0 Å². The van der Waals surface area contributed by atoms with Crippen molar-refractivity contribution in [1.82, 2.24) is 10.2 Å². The number of nitrogens with zero attached hydrogens (tertiary/aromatic N) is 1. The highest BCUT2D eigenvalue weighted by molar-refractivity contribution is 4.87. The molecule has 1 N–H and O–H groups in total. The van der Waals surface area contributed by atoms with Crippen molar-refractivity contribution in [2.75, 3.05) is 13.1 Å². The molecule has 0 spiro atoms. The van der Waals surface area contributed by atoms with E-state index in [1.807, 2.05) is 0 Å². The fourth-order valence-corrected chi connectivity index (χ4v) is 3.66. The van der Waals surface area contributed by atoms with Crippen LogP contribution in [0.2, 0.25) is 0 Å². The van der Waals surface area contributed by atoms with Gasteiger partial charge in [-0.05, 0) is 39.0 Å². The summed E-state index contributed by atoms with van der Waals surface area (Å²) in [7, 11) is 0. The monoisotopic (exact) mass is 238 g/mol. The van der Waals surface area contributed by atoms with Gasteiger partial charge in [-0.1, -0.05) is 26.2 Å². The van der Waals surface area contributed by atoms with Crippen LogP contribution in [-0.2, 0) is 0 Å². The lowest BCUT2D eigenvalue weighted by atomic mass is 9.97. The summed E-state index contributed by atoms with van der Waals surface area (Å²) in [5.41, 5.74) is 0. The second-order valence-electron chi connectivity index (χ2n) is 6.29. The summed E-state index contributed by atoms with van der Waals surface area (Å²) in [4.78, 5) is 2.79. The molecule has 4 atom stereocenters. The molecule has 4 unspecified atom stereocenters. The molecule has 0 bridgehead atoms. The van der Waals surface area contributed by atoms with Crippen LogP contribution in [-0.4, -0.2) is 36.1 Å². The Hall–Kier alpha value is -0.0800. The summed E-state index contributed by atoms with van der Waals surface area (Å²) in [6, 6.07) is 2.27. The SMILES string of the molecule is CCC1CCCC(N2CC(C)NCC2C)CC1. The summed E-state index contributed by atoms with van der Waals surface area (Å²) >= 11 is 0. The Balaban J connectivity index is 1.91. The van der Waals surface area contributed by atoms with Gasteiger partial charge in [-0.3, -0.25) is 4.90 Å². The first-order valence-electron chi connectivity index (χ1n) is 7.69. The maximum absolute atomic E-state index is 3.59. The summed E-state index contributed by atoms with van der Waals surface area (Å²) < 4.78 is 0. The molecule has 0 radical (unpaired) electrons. The first-order chi connectivity index (χ1) is 8.20. The average Bonchev–Trinajstić information content (AvgIpc) is 2.57. The third kappa shape index (κ3) is 3.45. The zero-order valence-electron chi connectivity index (χ0n) is 11.9. The van der Waals surface area contributed by atoms with Crippen LogP contribution >= 0.6 is 0 Å². The molecule has 0 amide bonds. The first kappa shape index (κ1) is 13.4. The molecule has 1 aliphatic heterocycles. The number of rotatable bonds is 2. The highest BCUT2D eigenvalue weighted by Crippen LogP contribution is 2.29. The van der Waals surface area contributed by atoms with Crippen LogP contribution in [0.5, 0.6) is 0 Å². The fraction of sp³-hybridized carbons (Fsp3) is 1.00. The van der Waals surface area contributed by atoms with Crippen LogP contribution in [0.25, 0.3) is 0 Å². The van der Waals surface area contributed by atoms with E-state index in [9.17, 15) is 0 Å². The molecule has 1 aliphatic carbocycles. The van der Waals surface area contributed by atoms with Crippen LogP contribution in [0.15, 0.2) is 0 Å². The van der Waals surface area contributed by atoms with Crippen molar-refractivity contribution in [2.24, 2.45) is 5.92 Å². The number of hydrogen-bond donors (Lipinski definition) is 1. The summed E-state index contributed by atoms with van der Waals surface area (Å²) in [6.07, 6.45) is 8.66. The van der Waals surface area contributed by atoms with E-state index in [0.717, 1.165) is 18.0 Å². The van der Waals surface area contributed by atoms with Crippen molar-refractivity contribution >= 4 is 0 Å². The molecular formula is C15H30N2. The van der Waals surface area contributed by atoms with E-state index in [1.54, 1.807) is 0 Å². The standard InChI is InChI=1S/C15H30N2/c1-4-14-6-5-7-15(9-8-14)17-11-12(2)16-10-13(17)3/h12-16H,4-11H2,1-3H3. The maximum atomic E-state index is 3.59. The lowest BCUT2D eigenvalue weighted by Gasteiger charge is -2.42. The van der Waals surface area contributed by atoms with E-state index in [2.05, 4.69) is 31.0 Å². The second-order valence-corrected chi connectivity index (χ2v) is 6.29. The second kappa shape index (κ2) is 6.19. The molecule has 17 heavy (non-hydrogen) atoms. The molecule has 0 aromatic carbocycles. The van der Waals surface area contributed by atoms with Crippen molar-refractivity contribution in [3.8, 4) is 0 Å². The van der Waals surface area contributed by atoms with Crippen LogP contribution in [0.3, 0.4) is 0 Å². The van der Waals surface area contributed by atoms with E-state index in [1.165, 1.54) is 51.6 Å². The lowest BCUT2D eigenvalue weighted by molar-refractivity contribution is 0.0854. The van der Waals surface area contributed by atoms with Gasteiger partial charge in [0.05, 0.1) is 0 Å². The molecule has 100 valence electrons. The summed E-state index contributed by atoms with van der Waals surface area (Å²) in [5.74, 6) is 1.01. The zero-order chi connectivity index (χ0) is 12.3. The van der Waals surface area contributed by atoms with Gasteiger partial charge in [0.1, 0.15) is 0 Å². The van der Waals surface area contributed by atoms with Gasteiger partial charge in [0.15, 0.2) is 0 Å². The molecule has 0 aromatic rings. The third-order valence-corrected chi connectivity index (χ3v) is 4.92. The Kier molecular flexibility index (Phi) is 4.87. The smallest absolute Gasteiger partial charge is 0.0196 e. The van der Waals surface area contributed by atoms with Gasteiger partial charge in [0, 0.05) is 31.2 Å². The summed E-state index contributed by atoms with van der Waals surface area (Å²) in [5, 5.41) is 3.59. The minimum atomic E-state index is 0.677. The zero-order valence-corrected chi connectivity index (χ0v) is 11.9. The number of hydrogen-bond acceptors (Lipinski definition) is 2. The van der Waals surface area contributed by atoms with Gasteiger partial charge in [-0.25, -0.2) is 0 Å². The first-order valence-corrected chi connectivity index (χ1v) is 7.69. The van der Waals surface area contributed by atoms with Gasteiger partial charge >= 0.3 is 0 Å². The minimum absolute atomic E-state index is 0.677. The normalized spacial score (nSPS) is 41.1. The molecule has 1 heterocycles.